The number of rotatable bonds is 5. The zero-order chi connectivity index (χ0) is 16.1. The van der Waals surface area contributed by atoms with Crippen LogP contribution in [0.15, 0.2) is 49.1 Å². The van der Waals surface area contributed by atoms with E-state index in [1.54, 1.807) is 35.4 Å². The quantitative estimate of drug-likeness (QED) is 0.755. The molecule has 0 atom stereocenters. The van der Waals surface area contributed by atoms with Crippen LogP contribution in [0.25, 0.3) is 5.69 Å². The van der Waals surface area contributed by atoms with E-state index in [0.29, 0.717) is 17.1 Å². The summed E-state index contributed by atoms with van der Waals surface area (Å²) in [4.78, 5) is 20.1. The van der Waals surface area contributed by atoms with Crippen LogP contribution in [0, 0.1) is 0 Å². The Morgan fingerprint density at radius 3 is 2.91 bits per heavy atom. The first kappa shape index (κ1) is 14.6. The largest absolute Gasteiger partial charge is 0.481 e. The lowest BCUT2D eigenvalue weighted by Gasteiger charge is -2.03. The normalized spacial score (nSPS) is 10.3. The Balaban J connectivity index is 1.62. The molecular weight excluding hydrogens is 296 g/mol. The van der Waals surface area contributed by atoms with Gasteiger partial charge in [-0.15, -0.1) is 5.10 Å². The number of carbonyl (C=O) groups excluding carboxylic acids is 1. The van der Waals surface area contributed by atoms with E-state index in [9.17, 15) is 4.79 Å². The highest BCUT2D eigenvalue weighted by Crippen LogP contribution is 2.07. The number of amides is 1. The first-order valence-electron chi connectivity index (χ1n) is 6.86. The molecule has 0 aliphatic rings. The number of carbonyl (C=O) groups is 1. The lowest BCUT2D eigenvalue weighted by Crippen LogP contribution is -2.23. The van der Waals surface area contributed by atoms with Crippen LogP contribution in [0.3, 0.4) is 0 Å². The summed E-state index contributed by atoms with van der Waals surface area (Å²) in [7, 11) is 1.52. The van der Waals surface area contributed by atoms with Crippen LogP contribution in [0.5, 0.6) is 5.88 Å². The fourth-order valence-electron chi connectivity index (χ4n) is 1.90. The van der Waals surface area contributed by atoms with Crippen LogP contribution in [-0.2, 0) is 6.54 Å². The molecule has 3 heterocycles. The molecule has 116 valence electrons. The number of ether oxygens (including phenoxy) is 1. The van der Waals surface area contributed by atoms with Crippen LogP contribution in [-0.4, -0.2) is 38.0 Å². The summed E-state index contributed by atoms with van der Waals surface area (Å²) in [5.74, 6) is 0.219. The lowest BCUT2D eigenvalue weighted by molar-refractivity contribution is 0.0950. The van der Waals surface area contributed by atoms with Gasteiger partial charge in [-0.25, -0.2) is 9.67 Å². The minimum atomic E-state index is -0.240. The number of methoxy groups -OCH3 is 1. The van der Waals surface area contributed by atoms with Crippen molar-refractivity contribution in [3.63, 3.8) is 0 Å². The summed E-state index contributed by atoms with van der Waals surface area (Å²) in [6.07, 6.45) is 6.56. The number of nitrogens with one attached hydrogen (secondary N) is 1. The van der Waals surface area contributed by atoms with E-state index in [1.807, 2.05) is 12.1 Å². The molecule has 0 spiro atoms. The van der Waals surface area contributed by atoms with Crippen LogP contribution >= 0.6 is 0 Å². The lowest BCUT2D eigenvalue weighted by atomic mass is 10.2. The predicted octanol–water partition coefficient (Wildman–Crippen LogP) is 0.996. The molecule has 3 aromatic rings. The molecule has 8 heteroatoms. The maximum Gasteiger partial charge on any atom is 0.253 e. The first-order valence-corrected chi connectivity index (χ1v) is 6.86. The minimum absolute atomic E-state index is 0.240. The standard InChI is InChI=1S/C15H14N6O2/c1-23-14-5-4-11(7-17-14)15(22)18-8-12-10-21(20-19-12)13-3-2-6-16-9-13/h2-7,9-10H,8H2,1H3,(H,18,22). The number of hydrogen-bond acceptors (Lipinski definition) is 6. The van der Waals surface area contributed by atoms with E-state index in [1.165, 1.54) is 13.3 Å². The summed E-state index contributed by atoms with van der Waals surface area (Å²) in [5.41, 5.74) is 1.89. The Bertz CT molecular complexity index is 785. The highest BCUT2D eigenvalue weighted by atomic mass is 16.5. The van der Waals surface area contributed by atoms with Gasteiger partial charge < -0.3 is 10.1 Å². The van der Waals surface area contributed by atoms with Gasteiger partial charge in [0.25, 0.3) is 5.91 Å². The smallest absolute Gasteiger partial charge is 0.253 e. The maximum absolute atomic E-state index is 12.0. The SMILES string of the molecule is COc1ccc(C(=O)NCc2cn(-c3cccnc3)nn2)cn1. The fraction of sp³-hybridized carbons (Fsp3) is 0.133. The van der Waals surface area contributed by atoms with Crippen molar-refractivity contribution in [2.45, 2.75) is 6.54 Å². The van der Waals surface area contributed by atoms with Gasteiger partial charge in [0.2, 0.25) is 5.88 Å². The monoisotopic (exact) mass is 310 g/mol. The molecule has 1 amide bonds. The molecule has 0 unspecified atom stereocenters. The van der Waals surface area contributed by atoms with Gasteiger partial charge in [0, 0.05) is 18.5 Å². The van der Waals surface area contributed by atoms with E-state index in [4.69, 9.17) is 4.74 Å². The Morgan fingerprint density at radius 1 is 1.30 bits per heavy atom. The van der Waals surface area contributed by atoms with E-state index in [0.717, 1.165) is 5.69 Å². The molecule has 0 aliphatic carbocycles. The van der Waals surface area contributed by atoms with Gasteiger partial charge in [-0.05, 0) is 18.2 Å². The highest BCUT2D eigenvalue weighted by molar-refractivity contribution is 5.93. The van der Waals surface area contributed by atoms with Crippen molar-refractivity contribution in [2.24, 2.45) is 0 Å². The van der Waals surface area contributed by atoms with Crippen molar-refractivity contribution in [1.29, 1.82) is 0 Å². The maximum atomic E-state index is 12.0. The Hall–Kier alpha value is -3.29. The number of nitrogens with zero attached hydrogens (tertiary/aromatic N) is 5. The third-order valence-electron chi connectivity index (χ3n) is 3.09. The third-order valence-corrected chi connectivity index (χ3v) is 3.09. The van der Waals surface area contributed by atoms with Gasteiger partial charge in [0.15, 0.2) is 0 Å². The van der Waals surface area contributed by atoms with Crippen molar-refractivity contribution in [3.05, 3.63) is 60.3 Å². The van der Waals surface area contributed by atoms with Gasteiger partial charge in [0.05, 0.1) is 37.3 Å². The van der Waals surface area contributed by atoms with Crippen molar-refractivity contribution < 1.29 is 9.53 Å². The summed E-state index contributed by atoms with van der Waals surface area (Å²) in [6, 6.07) is 6.96. The summed E-state index contributed by atoms with van der Waals surface area (Å²) < 4.78 is 6.55. The van der Waals surface area contributed by atoms with Gasteiger partial charge in [0.1, 0.15) is 5.69 Å². The fourth-order valence-corrected chi connectivity index (χ4v) is 1.90. The van der Waals surface area contributed by atoms with Gasteiger partial charge in [-0.1, -0.05) is 5.21 Å². The Labute approximate surface area is 132 Å². The van der Waals surface area contributed by atoms with Crippen molar-refractivity contribution in [3.8, 4) is 11.6 Å². The molecule has 1 N–H and O–H groups in total. The first-order chi connectivity index (χ1) is 11.3. The molecule has 0 saturated heterocycles. The van der Waals surface area contributed by atoms with Crippen molar-refractivity contribution in [2.75, 3.05) is 7.11 Å². The molecule has 8 nitrogen and oxygen atoms in total. The Morgan fingerprint density at radius 2 is 2.22 bits per heavy atom. The molecular formula is C15H14N6O2. The summed E-state index contributed by atoms with van der Waals surface area (Å²) in [5, 5.41) is 10.8. The number of pyridine rings is 2. The van der Waals surface area contributed by atoms with Crippen LogP contribution < -0.4 is 10.1 Å². The number of hydrogen-bond donors (Lipinski definition) is 1. The summed E-state index contributed by atoms with van der Waals surface area (Å²) in [6.45, 7) is 0.269. The van der Waals surface area contributed by atoms with E-state index in [-0.39, 0.29) is 12.5 Å². The van der Waals surface area contributed by atoms with Crippen LogP contribution in [0.2, 0.25) is 0 Å². The van der Waals surface area contributed by atoms with Crippen LogP contribution in [0.4, 0.5) is 0 Å². The van der Waals surface area contributed by atoms with Gasteiger partial charge >= 0.3 is 0 Å². The molecule has 0 aliphatic heterocycles. The van der Waals surface area contributed by atoms with Gasteiger partial charge in [-0.2, -0.15) is 0 Å². The zero-order valence-corrected chi connectivity index (χ0v) is 12.4. The second-order valence-corrected chi connectivity index (χ2v) is 4.64. The summed E-state index contributed by atoms with van der Waals surface area (Å²) >= 11 is 0. The molecule has 3 rings (SSSR count). The minimum Gasteiger partial charge on any atom is -0.481 e. The Kier molecular flexibility index (Phi) is 4.23. The molecule has 0 fully saturated rings. The molecule has 0 aromatic carbocycles. The van der Waals surface area contributed by atoms with Crippen molar-refractivity contribution in [1.82, 2.24) is 30.3 Å². The highest BCUT2D eigenvalue weighted by Gasteiger charge is 2.08. The van der Waals surface area contributed by atoms with E-state index >= 15 is 0 Å². The van der Waals surface area contributed by atoms with Gasteiger partial charge in [-0.3, -0.25) is 9.78 Å². The third kappa shape index (κ3) is 3.49. The molecule has 0 saturated carbocycles. The zero-order valence-electron chi connectivity index (χ0n) is 12.4. The second-order valence-electron chi connectivity index (χ2n) is 4.64. The topological polar surface area (TPSA) is 94.8 Å². The number of aromatic nitrogens is 5. The molecule has 0 radical (unpaired) electrons. The average Bonchev–Trinajstić information content (AvgIpc) is 3.09. The van der Waals surface area contributed by atoms with E-state index in [2.05, 4.69) is 25.6 Å². The second kappa shape index (κ2) is 6.65. The van der Waals surface area contributed by atoms with Crippen molar-refractivity contribution >= 4 is 5.91 Å². The molecule has 23 heavy (non-hydrogen) atoms. The molecule has 0 bridgehead atoms. The molecule has 3 aromatic heterocycles. The van der Waals surface area contributed by atoms with Crippen LogP contribution in [0.1, 0.15) is 16.1 Å². The average molecular weight is 310 g/mol. The predicted molar refractivity (Wildman–Crippen MR) is 81.1 cm³/mol. The van der Waals surface area contributed by atoms with E-state index < -0.39 is 0 Å².